The summed E-state index contributed by atoms with van der Waals surface area (Å²) in [6.45, 7) is 3.76. The van der Waals surface area contributed by atoms with E-state index in [1.54, 1.807) is 6.20 Å². The molecule has 5 nitrogen and oxygen atoms in total. The number of rotatable bonds is 2. The summed E-state index contributed by atoms with van der Waals surface area (Å²) in [6, 6.07) is 0. The first-order valence-electron chi connectivity index (χ1n) is 4.56. The molecule has 0 radical (unpaired) electrons. The third kappa shape index (κ3) is 1.91. The zero-order valence-corrected chi connectivity index (χ0v) is 8.67. The molecule has 2 unspecified atom stereocenters. The van der Waals surface area contributed by atoms with E-state index in [4.69, 9.17) is 0 Å². The average molecular weight is 212 g/mol. The van der Waals surface area contributed by atoms with Crippen LogP contribution in [0.25, 0.3) is 0 Å². The summed E-state index contributed by atoms with van der Waals surface area (Å²) >= 11 is 1.20. The first-order valence-corrected chi connectivity index (χ1v) is 5.33. The Bertz CT molecular complexity index is 313. The van der Waals surface area contributed by atoms with Crippen molar-refractivity contribution >= 4 is 22.4 Å². The Balaban J connectivity index is 1.95. The van der Waals surface area contributed by atoms with Crippen LogP contribution < -0.4 is 10.6 Å². The summed E-state index contributed by atoms with van der Waals surface area (Å²) in [5.74, 6) is 0.529. The predicted molar refractivity (Wildman–Crippen MR) is 54.1 cm³/mol. The van der Waals surface area contributed by atoms with E-state index in [2.05, 4.69) is 27.1 Å². The van der Waals surface area contributed by atoms with E-state index in [9.17, 15) is 4.79 Å². The van der Waals surface area contributed by atoms with Gasteiger partial charge in [0, 0.05) is 18.1 Å². The molecule has 1 aliphatic rings. The van der Waals surface area contributed by atoms with Crippen molar-refractivity contribution in [2.45, 2.75) is 6.92 Å². The van der Waals surface area contributed by atoms with Gasteiger partial charge in [-0.05, 0) is 12.5 Å². The van der Waals surface area contributed by atoms with Gasteiger partial charge in [0.05, 0.1) is 12.1 Å². The maximum atomic E-state index is 11.7. The van der Waals surface area contributed by atoms with Crippen molar-refractivity contribution < 1.29 is 4.79 Å². The number of amides is 1. The lowest BCUT2D eigenvalue weighted by atomic mass is 9.97. The molecule has 2 N–H and O–H groups in total. The molecular formula is C8H12N4OS. The summed E-state index contributed by atoms with van der Waals surface area (Å²) in [5.41, 5.74) is 0. The molecule has 1 aromatic heterocycles. The first kappa shape index (κ1) is 9.54. The van der Waals surface area contributed by atoms with Crippen LogP contribution in [0.4, 0.5) is 5.00 Å². The van der Waals surface area contributed by atoms with Gasteiger partial charge in [-0.3, -0.25) is 4.79 Å². The van der Waals surface area contributed by atoms with E-state index in [1.165, 1.54) is 11.5 Å². The van der Waals surface area contributed by atoms with Crippen LogP contribution >= 0.6 is 11.5 Å². The van der Waals surface area contributed by atoms with Crippen LogP contribution in [0.5, 0.6) is 0 Å². The summed E-state index contributed by atoms with van der Waals surface area (Å²) in [5, 5.41) is 10.4. The maximum Gasteiger partial charge on any atom is 0.229 e. The van der Waals surface area contributed by atoms with E-state index >= 15 is 0 Å². The number of aromatic nitrogens is 2. The summed E-state index contributed by atoms with van der Waals surface area (Å²) in [4.78, 5) is 11.7. The number of hydrogen-bond acceptors (Lipinski definition) is 5. The SMILES string of the molecule is CC1CNCC1C(=O)Nc1cnns1. The van der Waals surface area contributed by atoms with Crippen molar-refractivity contribution in [3.63, 3.8) is 0 Å². The summed E-state index contributed by atoms with van der Waals surface area (Å²) in [7, 11) is 0. The van der Waals surface area contributed by atoms with Crippen molar-refractivity contribution in [2.75, 3.05) is 18.4 Å². The molecule has 2 atom stereocenters. The highest BCUT2D eigenvalue weighted by Crippen LogP contribution is 2.19. The minimum Gasteiger partial charge on any atom is -0.316 e. The van der Waals surface area contributed by atoms with Crippen LogP contribution in [0.3, 0.4) is 0 Å². The number of anilines is 1. The van der Waals surface area contributed by atoms with Crippen molar-refractivity contribution in [1.29, 1.82) is 0 Å². The van der Waals surface area contributed by atoms with E-state index in [0.29, 0.717) is 10.9 Å². The van der Waals surface area contributed by atoms with Gasteiger partial charge in [0.2, 0.25) is 5.91 Å². The van der Waals surface area contributed by atoms with E-state index in [-0.39, 0.29) is 11.8 Å². The highest BCUT2D eigenvalue weighted by atomic mass is 32.1. The number of nitrogens with one attached hydrogen (secondary N) is 2. The molecule has 0 bridgehead atoms. The molecule has 6 heteroatoms. The molecule has 76 valence electrons. The van der Waals surface area contributed by atoms with Gasteiger partial charge in [-0.1, -0.05) is 11.4 Å². The smallest absolute Gasteiger partial charge is 0.229 e. The Hall–Kier alpha value is -1.01. The van der Waals surface area contributed by atoms with Crippen LogP contribution in [0, 0.1) is 11.8 Å². The lowest BCUT2D eigenvalue weighted by Gasteiger charge is -2.12. The fraction of sp³-hybridized carbons (Fsp3) is 0.625. The van der Waals surface area contributed by atoms with Gasteiger partial charge in [-0.15, -0.1) is 5.10 Å². The van der Waals surface area contributed by atoms with E-state index < -0.39 is 0 Å². The van der Waals surface area contributed by atoms with E-state index in [1.807, 2.05) is 0 Å². The first-order chi connectivity index (χ1) is 6.77. The lowest BCUT2D eigenvalue weighted by molar-refractivity contribution is -0.120. The zero-order chi connectivity index (χ0) is 9.97. The second kappa shape index (κ2) is 4.02. The number of carbonyl (C=O) groups is 1. The van der Waals surface area contributed by atoms with Gasteiger partial charge in [0.1, 0.15) is 5.00 Å². The number of hydrogen-bond donors (Lipinski definition) is 2. The Morgan fingerprint density at radius 3 is 3.14 bits per heavy atom. The normalized spacial score (nSPS) is 26.4. The van der Waals surface area contributed by atoms with Gasteiger partial charge < -0.3 is 10.6 Å². The lowest BCUT2D eigenvalue weighted by Crippen LogP contribution is -2.27. The second-order valence-electron chi connectivity index (χ2n) is 3.51. The van der Waals surface area contributed by atoms with Crippen LogP contribution in [-0.2, 0) is 4.79 Å². The molecule has 2 heterocycles. The Morgan fingerprint density at radius 2 is 2.57 bits per heavy atom. The zero-order valence-electron chi connectivity index (χ0n) is 7.86. The average Bonchev–Trinajstić information content (AvgIpc) is 2.75. The molecule has 0 aromatic carbocycles. The van der Waals surface area contributed by atoms with Crippen molar-refractivity contribution in [3.8, 4) is 0 Å². The molecule has 1 aliphatic heterocycles. The van der Waals surface area contributed by atoms with Gasteiger partial charge in [-0.2, -0.15) is 0 Å². The number of carbonyl (C=O) groups excluding carboxylic acids is 1. The van der Waals surface area contributed by atoms with Gasteiger partial charge in [0.15, 0.2) is 0 Å². The molecule has 1 amide bonds. The van der Waals surface area contributed by atoms with Crippen molar-refractivity contribution in [2.24, 2.45) is 11.8 Å². The molecule has 1 aromatic rings. The van der Waals surface area contributed by atoms with Crippen LogP contribution in [0.1, 0.15) is 6.92 Å². The third-order valence-electron chi connectivity index (χ3n) is 2.46. The molecule has 0 saturated carbocycles. The molecule has 14 heavy (non-hydrogen) atoms. The van der Waals surface area contributed by atoms with Crippen molar-refractivity contribution in [3.05, 3.63) is 6.20 Å². The highest BCUT2D eigenvalue weighted by molar-refractivity contribution is 7.10. The van der Waals surface area contributed by atoms with Crippen LogP contribution in [0.15, 0.2) is 6.20 Å². The minimum atomic E-state index is 0.0635. The molecule has 0 spiro atoms. The van der Waals surface area contributed by atoms with Crippen LogP contribution in [-0.4, -0.2) is 28.6 Å². The third-order valence-corrected chi connectivity index (χ3v) is 3.04. The standard InChI is InChI=1S/C8H12N4OS/c1-5-2-9-3-6(5)8(13)11-7-4-10-12-14-7/h4-6,9H,2-3H2,1H3,(H,11,13). The van der Waals surface area contributed by atoms with Gasteiger partial charge >= 0.3 is 0 Å². The summed E-state index contributed by atoms with van der Waals surface area (Å²) in [6.07, 6.45) is 1.57. The Kier molecular flexibility index (Phi) is 2.74. The Labute approximate surface area is 86.1 Å². The molecular weight excluding hydrogens is 200 g/mol. The highest BCUT2D eigenvalue weighted by Gasteiger charge is 2.29. The predicted octanol–water partition coefficient (Wildman–Crippen LogP) is 0.332. The Morgan fingerprint density at radius 1 is 1.71 bits per heavy atom. The summed E-state index contributed by atoms with van der Waals surface area (Å²) < 4.78 is 3.68. The quantitative estimate of drug-likeness (QED) is 0.741. The van der Waals surface area contributed by atoms with Crippen molar-refractivity contribution in [1.82, 2.24) is 14.9 Å². The fourth-order valence-corrected chi connectivity index (χ4v) is 2.02. The maximum absolute atomic E-state index is 11.7. The van der Waals surface area contributed by atoms with Crippen LogP contribution in [0.2, 0.25) is 0 Å². The minimum absolute atomic E-state index is 0.0635. The topological polar surface area (TPSA) is 66.9 Å². The number of nitrogens with zero attached hydrogens (tertiary/aromatic N) is 2. The molecule has 1 saturated heterocycles. The monoisotopic (exact) mass is 212 g/mol. The second-order valence-corrected chi connectivity index (χ2v) is 4.30. The molecule has 2 rings (SSSR count). The largest absolute Gasteiger partial charge is 0.316 e. The van der Waals surface area contributed by atoms with Gasteiger partial charge in [0.25, 0.3) is 0 Å². The molecule has 1 fully saturated rings. The van der Waals surface area contributed by atoms with E-state index in [0.717, 1.165) is 13.1 Å². The fourth-order valence-electron chi connectivity index (χ4n) is 1.60. The van der Waals surface area contributed by atoms with Gasteiger partial charge in [-0.25, -0.2) is 0 Å². The molecule has 0 aliphatic carbocycles.